The second-order valence-corrected chi connectivity index (χ2v) is 12.8. The molecule has 0 aliphatic heterocycles. The van der Waals surface area contributed by atoms with Crippen LogP contribution in [0, 0.1) is 0 Å². The lowest BCUT2D eigenvalue weighted by atomic mass is 10.3. The van der Waals surface area contributed by atoms with Crippen LogP contribution in [0.2, 0.25) is 5.02 Å². The average molecular weight is 593 g/mol. The van der Waals surface area contributed by atoms with E-state index in [-0.39, 0.29) is 32.6 Å². The molecule has 15 heteroatoms. The van der Waals surface area contributed by atoms with Crippen molar-refractivity contribution < 1.29 is 26.5 Å². The fourth-order valence-electron chi connectivity index (χ4n) is 3.62. The number of amides is 1. The molecule has 1 amide bonds. The van der Waals surface area contributed by atoms with Gasteiger partial charge < -0.3 is 10.2 Å². The molecule has 206 valence electrons. The van der Waals surface area contributed by atoms with E-state index in [1.807, 2.05) is 0 Å². The number of rotatable bonds is 10. The third kappa shape index (κ3) is 5.83. The van der Waals surface area contributed by atoms with Crippen molar-refractivity contribution >= 4 is 60.0 Å². The first-order valence-corrected chi connectivity index (χ1v) is 14.8. The van der Waals surface area contributed by atoms with Crippen molar-refractivity contribution in [2.24, 2.45) is 0 Å². The molecule has 12 nitrogen and oxygen atoms in total. The number of carbonyl (C=O) groups excluding carboxylic acids is 1. The molecule has 0 saturated carbocycles. The zero-order valence-corrected chi connectivity index (χ0v) is 23.5. The van der Waals surface area contributed by atoms with E-state index < -0.39 is 32.6 Å². The van der Waals surface area contributed by atoms with Crippen molar-refractivity contribution in [1.82, 2.24) is 19.5 Å². The van der Waals surface area contributed by atoms with Crippen LogP contribution in [-0.2, 0) is 24.8 Å². The standard InChI is InChI=1S/C24H25ClN6O6S2/c1-4-30(17-8-6-5-7-9-17)39(35,36)18-10-12-20(25)22(14-18)26-24(32)16-37-31-23-15-19(38(33,34)29(2)3)11-13-21(23)27-28-31/h5-15H,4,16H2,1-3H3,(H,26,32). The Morgan fingerprint density at radius 1 is 0.974 bits per heavy atom. The molecule has 39 heavy (non-hydrogen) atoms. The van der Waals surface area contributed by atoms with E-state index in [9.17, 15) is 21.6 Å². The van der Waals surface area contributed by atoms with Crippen molar-refractivity contribution in [2.45, 2.75) is 16.7 Å². The summed E-state index contributed by atoms with van der Waals surface area (Å²) in [6.45, 7) is 1.35. The number of fused-ring (bicyclic) bond motifs is 1. The quantitative estimate of drug-likeness (QED) is 0.296. The fourth-order valence-corrected chi connectivity index (χ4v) is 6.21. The summed E-state index contributed by atoms with van der Waals surface area (Å²) < 4.78 is 53.9. The van der Waals surface area contributed by atoms with Gasteiger partial charge in [0.05, 0.1) is 26.2 Å². The van der Waals surface area contributed by atoms with Crippen molar-refractivity contribution in [2.75, 3.05) is 36.9 Å². The largest absolute Gasteiger partial charge is 0.385 e. The topological polar surface area (TPSA) is 144 Å². The summed E-state index contributed by atoms with van der Waals surface area (Å²) in [6, 6.07) is 16.8. The molecule has 1 aromatic heterocycles. The number of aromatic nitrogens is 3. The van der Waals surface area contributed by atoms with Gasteiger partial charge in [-0.15, -0.1) is 5.10 Å². The van der Waals surface area contributed by atoms with E-state index in [1.165, 1.54) is 54.8 Å². The summed E-state index contributed by atoms with van der Waals surface area (Å²) in [5.74, 6) is -0.664. The Morgan fingerprint density at radius 2 is 1.64 bits per heavy atom. The van der Waals surface area contributed by atoms with Gasteiger partial charge in [0.15, 0.2) is 6.61 Å². The lowest BCUT2D eigenvalue weighted by Gasteiger charge is -2.23. The molecule has 4 aromatic rings. The van der Waals surface area contributed by atoms with E-state index in [0.717, 1.165) is 9.15 Å². The molecule has 0 saturated heterocycles. The smallest absolute Gasteiger partial charge is 0.265 e. The highest BCUT2D eigenvalue weighted by atomic mass is 35.5. The monoisotopic (exact) mass is 592 g/mol. The van der Waals surface area contributed by atoms with Crippen molar-refractivity contribution in [3.05, 3.63) is 71.8 Å². The van der Waals surface area contributed by atoms with Gasteiger partial charge in [0.2, 0.25) is 10.0 Å². The van der Waals surface area contributed by atoms with Crippen LogP contribution in [0.25, 0.3) is 11.0 Å². The Morgan fingerprint density at radius 3 is 2.31 bits per heavy atom. The number of nitrogens with zero attached hydrogens (tertiary/aromatic N) is 5. The SMILES string of the molecule is CCN(c1ccccc1)S(=O)(=O)c1ccc(Cl)c(NC(=O)COn2nnc3ccc(S(=O)(=O)N(C)C)cc32)c1. The number of hydrogen-bond acceptors (Lipinski definition) is 8. The first-order chi connectivity index (χ1) is 18.4. The van der Waals surface area contributed by atoms with Crippen LogP contribution < -0.4 is 14.5 Å². The van der Waals surface area contributed by atoms with Crippen LogP contribution in [0.3, 0.4) is 0 Å². The Labute approximate surface area is 230 Å². The predicted molar refractivity (Wildman–Crippen MR) is 147 cm³/mol. The van der Waals surface area contributed by atoms with Crippen LogP contribution in [0.15, 0.2) is 76.5 Å². The molecule has 0 bridgehead atoms. The van der Waals surface area contributed by atoms with Gasteiger partial charge in [-0.2, -0.15) is 0 Å². The van der Waals surface area contributed by atoms with Gasteiger partial charge in [0, 0.05) is 20.6 Å². The summed E-state index contributed by atoms with van der Waals surface area (Å²) >= 11 is 6.23. The van der Waals surface area contributed by atoms with Crippen molar-refractivity contribution in [1.29, 1.82) is 0 Å². The Bertz CT molecular complexity index is 1730. The van der Waals surface area contributed by atoms with Gasteiger partial charge in [-0.05, 0) is 60.7 Å². The molecular formula is C24H25ClN6O6S2. The van der Waals surface area contributed by atoms with Gasteiger partial charge in [-0.25, -0.2) is 21.1 Å². The molecule has 0 atom stereocenters. The van der Waals surface area contributed by atoms with Gasteiger partial charge >= 0.3 is 0 Å². The van der Waals surface area contributed by atoms with Crippen molar-refractivity contribution in [3.8, 4) is 0 Å². The highest BCUT2D eigenvalue weighted by Crippen LogP contribution is 2.29. The molecule has 4 rings (SSSR count). The van der Waals surface area contributed by atoms with Gasteiger partial charge in [-0.3, -0.25) is 9.10 Å². The Hall–Kier alpha value is -3.72. The van der Waals surface area contributed by atoms with E-state index in [0.29, 0.717) is 11.2 Å². The number of sulfonamides is 2. The summed E-state index contributed by atoms with van der Waals surface area (Å²) in [6.07, 6.45) is 0. The van der Waals surface area contributed by atoms with Crippen LogP contribution in [0.4, 0.5) is 11.4 Å². The second kappa shape index (κ2) is 11.2. The summed E-state index contributed by atoms with van der Waals surface area (Å²) in [7, 11) is -4.87. The van der Waals surface area contributed by atoms with Gasteiger partial charge in [0.25, 0.3) is 15.9 Å². The highest BCUT2D eigenvalue weighted by molar-refractivity contribution is 7.92. The van der Waals surface area contributed by atoms with E-state index in [1.54, 1.807) is 37.3 Å². The third-order valence-corrected chi connectivity index (χ3v) is 9.65. The molecule has 0 unspecified atom stereocenters. The zero-order chi connectivity index (χ0) is 28.4. The molecule has 0 aliphatic rings. The van der Waals surface area contributed by atoms with Crippen LogP contribution in [-0.4, -0.2) is 69.5 Å². The lowest BCUT2D eigenvalue weighted by molar-refractivity contribution is -0.121. The summed E-state index contributed by atoms with van der Waals surface area (Å²) in [4.78, 5) is 19.0. The third-order valence-electron chi connectivity index (χ3n) is 5.61. The molecule has 1 heterocycles. The molecule has 0 aliphatic carbocycles. The number of benzene rings is 3. The number of nitrogens with one attached hydrogen (secondary N) is 1. The first-order valence-electron chi connectivity index (χ1n) is 11.5. The normalized spacial score (nSPS) is 12.0. The number of para-hydroxylation sites is 1. The Balaban J connectivity index is 1.52. The minimum absolute atomic E-state index is 0.00182. The lowest BCUT2D eigenvalue weighted by Crippen LogP contribution is -2.31. The van der Waals surface area contributed by atoms with Crippen LogP contribution in [0.5, 0.6) is 0 Å². The second-order valence-electron chi connectivity index (χ2n) is 8.37. The number of halogens is 1. The van der Waals surface area contributed by atoms with Gasteiger partial charge in [0.1, 0.15) is 11.0 Å². The molecule has 0 spiro atoms. The fraction of sp³-hybridized carbons (Fsp3) is 0.208. The highest BCUT2D eigenvalue weighted by Gasteiger charge is 2.25. The van der Waals surface area contributed by atoms with Crippen LogP contribution in [0.1, 0.15) is 6.92 Å². The number of hydrogen-bond donors (Lipinski definition) is 1. The maximum atomic E-state index is 13.3. The maximum Gasteiger partial charge on any atom is 0.265 e. The van der Waals surface area contributed by atoms with Crippen molar-refractivity contribution in [3.63, 3.8) is 0 Å². The number of carbonyl (C=O) groups is 1. The summed E-state index contributed by atoms with van der Waals surface area (Å²) in [5, 5.41) is 10.4. The van der Waals surface area contributed by atoms with E-state index in [2.05, 4.69) is 15.6 Å². The maximum absolute atomic E-state index is 13.3. The van der Waals surface area contributed by atoms with Crippen LogP contribution >= 0.6 is 11.6 Å². The zero-order valence-electron chi connectivity index (χ0n) is 21.1. The van der Waals surface area contributed by atoms with E-state index >= 15 is 0 Å². The van der Waals surface area contributed by atoms with E-state index in [4.69, 9.17) is 16.4 Å². The average Bonchev–Trinajstić information content (AvgIpc) is 3.31. The Kier molecular flexibility index (Phi) is 8.11. The van der Waals surface area contributed by atoms with Gasteiger partial charge in [-0.1, -0.05) is 34.6 Å². The number of anilines is 2. The molecule has 0 radical (unpaired) electrons. The molecular weight excluding hydrogens is 568 g/mol. The minimum atomic E-state index is -3.96. The molecule has 3 aromatic carbocycles. The molecule has 0 fully saturated rings. The molecule has 1 N–H and O–H groups in total. The predicted octanol–water partition coefficient (Wildman–Crippen LogP) is 2.62. The minimum Gasteiger partial charge on any atom is -0.385 e. The summed E-state index contributed by atoms with van der Waals surface area (Å²) in [5.41, 5.74) is 1.15. The first kappa shape index (κ1) is 28.3.